The number of para-hydroxylation sites is 1. The summed E-state index contributed by atoms with van der Waals surface area (Å²) in [6.45, 7) is 5.85. The lowest BCUT2D eigenvalue weighted by Gasteiger charge is -2.35. The maximum atomic E-state index is 13.3. The van der Waals surface area contributed by atoms with Crippen molar-refractivity contribution in [3.63, 3.8) is 0 Å². The third-order valence-electron chi connectivity index (χ3n) is 5.52. The van der Waals surface area contributed by atoms with Crippen molar-refractivity contribution in [3.05, 3.63) is 58.0 Å². The molecular formula is C23H26N4O5S. The first-order valence-electron chi connectivity index (χ1n) is 10.5. The summed E-state index contributed by atoms with van der Waals surface area (Å²) in [6, 6.07) is 9.19. The summed E-state index contributed by atoms with van der Waals surface area (Å²) < 4.78 is 30.6. The van der Waals surface area contributed by atoms with E-state index in [0.717, 1.165) is 11.8 Å². The van der Waals surface area contributed by atoms with Gasteiger partial charge in [-0.1, -0.05) is 18.2 Å². The van der Waals surface area contributed by atoms with Crippen molar-refractivity contribution in [2.45, 2.75) is 43.9 Å². The van der Waals surface area contributed by atoms with Gasteiger partial charge in [-0.05, 0) is 44.9 Å². The van der Waals surface area contributed by atoms with Gasteiger partial charge in [0.15, 0.2) is 0 Å². The Kier molecular flexibility index (Phi) is 5.52. The van der Waals surface area contributed by atoms with Crippen LogP contribution in [0.2, 0.25) is 0 Å². The maximum absolute atomic E-state index is 13.3. The molecular weight excluding hydrogens is 444 g/mol. The fraction of sp³-hybridized carbons (Fsp3) is 0.391. The number of sulfone groups is 1. The molecule has 0 spiro atoms. The minimum absolute atomic E-state index is 0.249. The van der Waals surface area contributed by atoms with Crippen LogP contribution >= 0.6 is 0 Å². The Balaban J connectivity index is 1.81. The van der Waals surface area contributed by atoms with E-state index in [1.807, 2.05) is 45.0 Å². The molecule has 9 nitrogen and oxygen atoms in total. The number of aryl methyl sites for hydroxylation is 1. The smallest absolute Gasteiger partial charge is 0.414 e. The van der Waals surface area contributed by atoms with E-state index in [1.165, 1.54) is 10.8 Å². The fourth-order valence-corrected chi connectivity index (χ4v) is 4.57. The summed E-state index contributed by atoms with van der Waals surface area (Å²) in [6.07, 6.45) is 2.54. The molecule has 0 saturated carbocycles. The van der Waals surface area contributed by atoms with Gasteiger partial charge in [-0.15, -0.1) is 0 Å². The fourth-order valence-electron chi connectivity index (χ4n) is 4.08. The van der Waals surface area contributed by atoms with Crippen molar-refractivity contribution in [1.29, 1.82) is 0 Å². The molecule has 10 heteroatoms. The molecule has 1 aliphatic heterocycles. The number of fused-ring (bicyclic) bond motifs is 2. The highest BCUT2D eigenvalue weighted by Gasteiger charge is 2.33. The lowest BCUT2D eigenvalue weighted by Crippen LogP contribution is -2.41. The molecule has 0 saturated heterocycles. The van der Waals surface area contributed by atoms with Gasteiger partial charge < -0.3 is 4.74 Å². The number of nitrogens with zero attached hydrogens (tertiary/aromatic N) is 4. The van der Waals surface area contributed by atoms with Gasteiger partial charge in [0.05, 0.1) is 5.69 Å². The van der Waals surface area contributed by atoms with E-state index in [-0.39, 0.29) is 22.3 Å². The molecule has 1 amide bonds. The van der Waals surface area contributed by atoms with Gasteiger partial charge in [0.2, 0.25) is 15.0 Å². The molecule has 4 rings (SSSR count). The van der Waals surface area contributed by atoms with Crippen molar-refractivity contribution in [3.8, 4) is 0 Å². The summed E-state index contributed by atoms with van der Waals surface area (Å²) in [4.78, 5) is 35.8. The van der Waals surface area contributed by atoms with Crippen LogP contribution in [0.5, 0.6) is 0 Å². The number of amides is 1. The summed E-state index contributed by atoms with van der Waals surface area (Å²) in [5.41, 5.74) is 1.44. The molecule has 1 aromatic carbocycles. The topological polar surface area (TPSA) is 111 Å². The van der Waals surface area contributed by atoms with E-state index in [1.54, 1.807) is 18.0 Å². The van der Waals surface area contributed by atoms with Crippen LogP contribution in [0.4, 0.5) is 10.5 Å². The second kappa shape index (κ2) is 7.95. The number of hydrogen-bond acceptors (Lipinski definition) is 7. The first kappa shape index (κ1) is 22.9. The first-order chi connectivity index (χ1) is 15.4. The number of carbonyl (C=O) groups excluding carboxylic acids is 1. The number of aromatic nitrogens is 3. The number of ether oxygens (including phenoxy) is 1. The Morgan fingerprint density at radius 3 is 2.55 bits per heavy atom. The van der Waals surface area contributed by atoms with E-state index in [2.05, 4.69) is 9.97 Å². The average Bonchev–Trinajstić information content (AvgIpc) is 2.73. The predicted octanol–water partition coefficient (Wildman–Crippen LogP) is 3.01. The van der Waals surface area contributed by atoms with Crippen molar-refractivity contribution in [2.75, 3.05) is 17.7 Å². The molecule has 0 aliphatic carbocycles. The molecule has 0 bridgehead atoms. The van der Waals surface area contributed by atoms with Crippen molar-refractivity contribution < 1.29 is 17.9 Å². The molecule has 1 unspecified atom stereocenters. The zero-order valence-corrected chi connectivity index (χ0v) is 20.0. The Morgan fingerprint density at radius 2 is 1.88 bits per heavy atom. The van der Waals surface area contributed by atoms with Crippen LogP contribution < -0.4 is 10.5 Å². The van der Waals surface area contributed by atoms with Crippen LogP contribution in [0.15, 0.2) is 46.5 Å². The van der Waals surface area contributed by atoms with E-state index in [0.29, 0.717) is 29.6 Å². The van der Waals surface area contributed by atoms with Gasteiger partial charge in [-0.3, -0.25) is 14.3 Å². The van der Waals surface area contributed by atoms with E-state index in [9.17, 15) is 18.0 Å². The molecule has 3 heterocycles. The molecule has 174 valence electrons. The van der Waals surface area contributed by atoms with Gasteiger partial charge in [0.1, 0.15) is 11.2 Å². The number of pyridine rings is 1. The second-order valence-electron chi connectivity index (χ2n) is 9.20. The maximum Gasteiger partial charge on any atom is 0.414 e. The molecule has 0 fully saturated rings. The number of rotatable bonds is 2. The Morgan fingerprint density at radius 1 is 1.18 bits per heavy atom. The van der Waals surface area contributed by atoms with E-state index >= 15 is 0 Å². The highest BCUT2D eigenvalue weighted by molar-refractivity contribution is 7.90. The lowest BCUT2D eigenvalue weighted by molar-refractivity contribution is 0.0577. The first-order valence-corrected chi connectivity index (χ1v) is 12.4. The van der Waals surface area contributed by atoms with Gasteiger partial charge >= 0.3 is 6.09 Å². The summed E-state index contributed by atoms with van der Waals surface area (Å²) in [5.74, 6) is -0.252. The van der Waals surface area contributed by atoms with Gasteiger partial charge in [-0.25, -0.2) is 18.2 Å². The molecule has 2 aromatic heterocycles. The van der Waals surface area contributed by atoms with Crippen LogP contribution in [-0.4, -0.2) is 47.4 Å². The number of carbonyl (C=O) groups is 1. The van der Waals surface area contributed by atoms with Crippen molar-refractivity contribution >= 4 is 32.7 Å². The predicted molar refractivity (Wildman–Crippen MR) is 124 cm³/mol. The minimum Gasteiger partial charge on any atom is -0.443 e. The molecule has 0 N–H and O–H groups in total. The van der Waals surface area contributed by atoms with Crippen molar-refractivity contribution in [2.24, 2.45) is 7.05 Å². The lowest BCUT2D eigenvalue weighted by atomic mass is 9.84. The average molecular weight is 471 g/mol. The monoisotopic (exact) mass is 470 g/mol. The van der Waals surface area contributed by atoms with Crippen LogP contribution in [0.3, 0.4) is 0 Å². The summed E-state index contributed by atoms with van der Waals surface area (Å²) in [5, 5.41) is 0.236. The standard InChI is InChI=1S/C23H26N4O5S/c1-23(2,3)32-22(29)27-11-10-15(16-8-6-7-9-18(16)27)17-12-14-13-24-21(33(5,30)31)25-19(14)26(4)20(17)28/h6-9,12-13,15H,10-11H2,1-5H3. The zero-order chi connectivity index (χ0) is 24.1. The van der Waals surface area contributed by atoms with Gasteiger partial charge in [0.25, 0.3) is 5.56 Å². The largest absolute Gasteiger partial charge is 0.443 e. The third-order valence-corrected chi connectivity index (χ3v) is 6.38. The molecule has 1 atom stereocenters. The SMILES string of the molecule is Cn1c(=O)c(C2CCN(C(=O)OC(C)(C)C)c3ccccc32)cc2cnc(S(C)(=O)=O)nc21. The number of hydrogen-bond donors (Lipinski definition) is 0. The normalized spacial score (nSPS) is 16.5. The van der Waals surface area contributed by atoms with E-state index < -0.39 is 21.5 Å². The zero-order valence-electron chi connectivity index (χ0n) is 19.2. The van der Waals surface area contributed by atoms with Crippen LogP contribution in [-0.2, 0) is 21.6 Å². The number of anilines is 1. The molecule has 1 aliphatic rings. The van der Waals surface area contributed by atoms with Crippen LogP contribution in [0.25, 0.3) is 11.0 Å². The Labute approximate surface area is 192 Å². The van der Waals surface area contributed by atoms with Crippen LogP contribution in [0.1, 0.15) is 44.2 Å². The molecule has 33 heavy (non-hydrogen) atoms. The van der Waals surface area contributed by atoms with E-state index in [4.69, 9.17) is 4.74 Å². The molecule has 3 aromatic rings. The third kappa shape index (κ3) is 4.35. The Bertz CT molecular complexity index is 1420. The highest BCUT2D eigenvalue weighted by Crippen LogP contribution is 2.39. The minimum atomic E-state index is -3.61. The Hall–Kier alpha value is -3.27. The summed E-state index contributed by atoms with van der Waals surface area (Å²) >= 11 is 0. The second-order valence-corrected chi connectivity index (χ2v) is 11.1. The quantitative estimate of drug-likeness (QED) is 0.529. The number of benzene rings is 1. The van der Waals surface area contributed by atoms with Gasteiger partial charge in [-0.2, -0.15) is 4.98 Å². The van der Waals surface area contributed by atoms with Gasteiger partial charge in [0, 0.05) is 42.9 Å². The highest BCUT2D eigenvalue weighted by atomic mass is 32.2. The van der Waals surface area contributed by atoms with Crippen LogP contribution in [0, 0.1) is 0 Å². The summed E-state index contributed by atoms with van der Waals surface area (Å²) in [7, 11) is -2.04. The molecule has 0 radical (unpaired) electrons. The van der Waals surface area contributed by atoms with Crippen molar-refractivity contribution in [1.82, 2.24) is 14.5 Å².